The molecule has 0 spiro atoms. The molecular formula is C15H22N2OS2. The highest BCUT2D eigenvalue weighted by Crippen LogP contribution is 2.23. The molecule has 3 nitrogen and oxygen atoms in total. The number of hydrogen-bond acceptors (Lipinski definition) is 4. The van der Waals surface area contributed by atoms with E-state index in [0.717, 1.165) is 17.9 Å². The van der Waals surface area contributed by atoms with E-state index >= 15 is 0 Å². The Bertz CT molecular complexity index is 408. The molecule has 2 atom stereocenters. The lowest BCUT2D eigenvalue weighted by molar-refractivity contribution is -0.121. The van der Waals surface area contributed by atoms with Gasteiger partial charge in [-0.1, -0.05) is 30.3 Å². The fraction of sp³-hybridized carbons (Fsp3) is 0.533. The minimum Gasteiger partial charge on any atom is -0.355 e. The summed E-state index contributed by atoms with van der Waals surface area (Å²) in [5, 5.41) is 3.60. The summed E-state index contributed by atoms with van der Waals surface area (Å²) < 4.78 is 0. The van der Waals surface area contributed by atoms with Crippen LogP contribution in [-0.4, -0.2) is 35.0 Å². The van der Waals surface area contributed by atoms with Crippen LogP contribution in [0.4, 0.5) is 0 Å². The van der Waals surface area contributed by atoms with E-state index in [1.807, 2.05) is 53.9 Å². The summed E-state index contributed by atoms with van der Waals surface area (Å²) in [6, 6.07) is 9.90. The molecule has 1 saturated heterocycles. The van der Waals surface area contributed by atoms with Gasteiger partial charge in [0.2, 0.25) is 5.91 Å². The van der Waals surface area contributed by atoms with Gasteiger partial charge in [0, 0.05) is 41.5 Å². The number of rotatable bonds is 6. The number of carbonyl (C=O) groups excluding carboxylic acids is 1. The van der Waals surface area contributed by atoms with Gasteiger partial charge in [-0.3, -0.25) is 4.79 Å². The van der Waals surface area contributed by atoms with Crippen LogP contribution in [0.5, 0.6) is 0 Å². The highest BCUT2D eigenvalue weighted by atomic mass is 32.2. The summed E-state index contributed by atoms with van der Waals surface area (Å²) in [4.78, 5) is 11.8. The molecule has 0 bridgehead atoms. The van der Waals surface area contributed by atoms with Gasteiger partial charge in [-0.15, -0.1) is 0 Å². The Morgan fingerprint density at radius 2 is 2.15 bits per heavy atom. The van der Waals surface area contributed by atoms with Gasteiger partial charge in [0.05, 0.1) is 0 Å². The molecule has 1 aliphatic rings. The quantitative estimate of drug-likeness (QED) is 0.847. The molecule has 1 fully saturated rings. The zero-order valence-corrected chi connectivity index (χ0v) is 13.2. The van der Waals surface area contributed by atoms with Crippen molar-refractivity contribution in [2.24, 2.45) is 5.73 Å². The van der Waals surface area contributed by atoms with Gasteiger partial charge in [0.15, 0.2) is 0 Å². The fourth-order valence-corrected chi connectivity index (χ4v) is 4.74. The molecule has 2 rings (SSSR count). The van der Waals surface area contributed by atoms with Crippen LogP contribution in [0, 0.1) is 0 Å². The van der Waals surface area contributed by atoms with E-state index in [0.29, 0.717) is 18.1 Å². The van der Waals surface area contributed by atoms with Crippen molar-refractivity contribution in [2.45, 2.75) is 24.1 Å². The number of amides is 1. The minimum atomic E-state index is -0.0541. The van der Waals surface area contributed by atoms with Crippen LogP contribution < -0.4 is 11.1 Å². The average molecular weight is 310 g/mol. The topological polar surface area (TPSA) is 55.1 Å². The molecule has 0 radical (unpaired) electrons. The maximum absolute atomic E-state index is 11.8. The normalized spacial score (nSPS) is 20.4. The summed E-state index contributed by atoms with van der Waals surface area (Å²) in [7, 11) is 0. The maximum atomic E-state index is 11.8. The second-order valence-electron chi connectivity index (χ2n) is 4.93. The molecule has 110 valence electrons. The first-order chi connectivity index (χ1) is 9.75. The molecule has 1 amide bonds. The highest BCUT2D eigenvalue weighted by molar-refractivity contribution is 8.06. The second-order valence-corrected chi connectivity index (χ2v) is 7.49. The number of thioether (sulfide) groups is 2. The summed E-state index contributed by atoms with van der Waals surface area (Å²) in [6.45, 7) is 0.789. The molecule has 5 heteroatoms. The molecule has 1 heterocycles. The van der Waals surface area contributed by atoms with Gasteiger partial charge in [0.25, 0.3) is 0 Å². The van der Waals surface area contributed by atoms with Crippen molar-refractivity contribution in [2.75, 3.05) is 23.8 Å². The van der Waals surface area contributed by atoms with Gasteiger partial charge in [-0.2, -0.15) is 23.5 Å². The largest absolute Gasteiger partial charge is 0.355 e. The summed E-state index contributed by atoms with van der Waals surface area (Å²) >= 11 is 3.94. The van der Waals surface area contributed by atoms with Gasteiger partial charge in [0.1, 0.15) is 0 Å². The molecule has 1 aromatic carbocycles. The molecule has 3 N–H and O–H groups in total. The van der Waals surface area contributed by atoms with E-state index in [1.54, 1.807) is 0 Å². The standard InChI is InChI=1S/C15H22N2OS2/c16-14(12-4-2-1-3-5-12)6-7-15(18)17-10-13-11-19-8-9-20-13/h1-5,13-14H,6-11,16H2,(H,17,18). The van der Waals surface area contributed by atoms with E-state index in [9.17, 15) is 4.79 Å². The third-order valence-electron chi connectivity index (χ3n) is 3.32. The van der Waals surface area contributed by atoms with E-state index in [1.165, 1.54) is 11.5 Å². The lowest BCUT2D eigenvalue weighted by atomic mass is 10.0. The van der Waals surface area contributed by atoms with E-state index in [4.69, 9.17) is 5.73 Å². The van der Waals surface area contributed by atoms with Crippen molar-refractivity contribution < 1.29 is 4.79 Å². The molecule has 0 saturated carbocycles. The van der Waals surface area contributed by atoms with E-state index in [-0.39, 0.29) is 11.9 Å². The zero-order valence-electron chi connectivity index (χ0n) is 11.6. The average Bonchev–Trinajstić information content (AvgIpc) is 2.52. The first-order valence-corrected chi connectivity index (χ1v) is 9.22. The Kier molecular flexibility index (Phi) is 6.76. The van der Waals surface area contributed by atoms with Crippen LogP contribution in [0.25, 0.3) is 0 Å². The van der Waals surface area contributed by atoms with Crippen molar-refractivity contribution >= 4 is 29.4 Å². The first-order valence-electron chi connectivity index (χ1n) is 7.02. The molecular weight excluding hydrogens is 288 g/mol. The molecule has 1 aliphatic heterocycles. The Labute approximate surface area is 129 Å². The van der Waals surface area contributed by atoms with Crippen molar-refractivity contribution in [3.05, 3.63) is 35.9 Å². The van der Waals surface area contributed by atoms with Gasteiger partial charge in [-0.05, 0) is 12.0 Å². The lowest BCUT2D eigenvalue weighted by Gasteiger charge is -2.21. The zero-order chi connectivity index (χ0) is 14.2. The van der Waals surface area contributed by atoms with Crippen LogP contribution in [0.1, 0.15) is 24.4 Å². The van der Waals surface area contributed by atoms with Crippen LogP contribution in [0.2, 0.25) is 0 Å². The van der Waals surface area contributed by atoms with Crippen molar-refractivity contribution in [1.29, 1.82) is 0 Å². The summed E-state index contributed by atoms with van der Waals surface area (Å²) in [5.41, 5.74) is 7.19. The number of hydrogen-bond donors (Lipinski definition) is 2. The Balaban J connectivity index is 1.64. The van der Waals surface area contributed by atoms with Crippen molar-refractivity contribution in [3.63, 3.8) is 0 Å². The number of carbonyl (C=O) groups is 1. The highest BCUT2D eigenvalue weighted by Gasteiger charge is 2.15. The molecule has 0 aromatic heterocycles. The third-order valence-corrected chi connectivity index (χ3v) is 6.17. The van der Waals surface area contributed by atoms with E-state index in [2.05, 4.69) is 5.32 Å². The molecule has 1 aromatic rings. The lowest BCUT2D eigenvalue weighted by Crippen LogP contribution is -2.33. The van der Waals surface area contributed by atoms with Gasteiger partial charge >= 0.3 is 0 Å². The number of nitrogens with two attached hydrogens (primary N) is 1. The van der Waals surface area contributed by atoms with Crippen LogP contribution >= 0.6 is 23.5 Å². The Morgan fingerprint density at radius 3 is 2.85 bits per heavy atom. The molecule has 0 aliphatic carbocycles. The van der Waals surface area contributed by atoms with Crippen LogP contribution in [0.3, 0.4) is 0 Å². The Morgan fingerprint density at radius 1 is 1.35 bits per heavy atom. The summed E-state index contributed by atoms with van der Waals surface area (Å²) in [6.07, 6.45) is 1.20. The van der Waals surface area contributed by atoms with Crippen LogP contribution in [-0.2, 0) is 4.79 Å². The van der Waals surface area contributed by atoms with Gasteiger partial charge < -0.3 is 11.1 Å². The maximum Gasteiger partial charge on any atom is 0.220 e. The van der Waals surface area contributed by atoms with Crippen LogP contribution in [0.15, 0.2) is 30.3 Å². The SMILES string of the molecule is NC(CCC(=O)NCC1CSCCS1)c1ccccc1. The minimum absolute atomic E-state index is 0.0541. The summed E-state index contributed by atoms with van der Waals surface area (Å²) in [5.74, 6) is 3.70. The third kappa shape index (κ3) is 5.38. The van der Waals surface area contributed by atoms with Crippen molar-refractivity contribution in [3.8, 4) is 0 Å². The number of nitrogens with one attached hydrogen (secondary N) is 1. The number of benzene rings is 1. The van der Waals surface area contributed by atoms with Gasteiger partial charge in [-0.25, -0.2) is 0 Å². The van der Waals surface area contributed by atoms with Crippen molar-refractivity contribution in [1.82, 2.24) is 5.32 Å². The monoisotopic (exact) mass is 310 g/mol. The predicted molar refractivity (Wildman–Crippen MR) is 89.2 cm³/mol. The molecule has 2 unspecified atom stereocenters. The smallest absolute Gasteiger partial charge is 0.220 e. The Hall–Kier alpha value is -0.650. The predicted octanol–water partition coefficient (Wildman–Crippen LogP) is 2.43. The first kappa shape index (κ1) is 15.7. The molecule has 20 heavy (non-hydrogen) atoms. The second kappa shape index (κ2) is 8.60. The van der Waals surface area contributed by atoms with E-state index < -0.39 is 0 Å². The fourth-order valence-electron chi connectivity index (χ4n) is 2.12.